The van der Waals surface area contributed by atoms with Crippen LogP contribution < -0.4 is 5.32 Å². The van der Waals surface area contributed by atoms with Gasteiger partial charge in [-0.15, -0.1) is 0 Å². The van der Waals surface area contributed by atoms with E-state index in [2.05, 4.69) is 17.4 Å². The second-order valence-electron chi connectivity index (χ2n) is 6.56. The maximum Gasteiger partial charge on any atom is 0.317 e. The maximum atomic E-state index is 12.3. The van der Waals surface area contributed by atoms with E-state index in [-0.39, 0.29) is 18.1 Å². The Balaban J connectivity index is 1.54. The molecule has 0 radical (unpaired) electrons. The first-order valence-corrected chi connectivity index (χ1v) is 8.57. The molecule has 3 unspecified atom stereocenters. The predicted octanol–water partition coefficient (Wildman–Crippen LogP) is 2.27. The lowest BCUT2D eigenvalue weighted by Crippen LogP contribution is -2.42. The lowest BCUT2D eigenvalue weighted by atomic mass is 9.89. The fraction of sp³-hybridized carbons (Fsp3) is 0.556. The van der Waals surface area contributed by atoms with Gasteiger partial charge in [-0.1, -0.05) is 30.3 Å². The lowest BCUT2D eigenvalue weighted by Gasteiger charge is -2.32. The number of nitrogens with one attached hydrogen (secondary N) is 1. The van der Waals surface area contributed by atoms with Crippen LogP contribution in [0.2, 0.25) is 0 Å². The van der Waals surface area contributed by atoms with Crippen molar-refractivity contribution in [2.75, 3.05) is 26.2 Å². The van der Waals surface area contributed by atoms with Crippen LogP contribution in [0.4, 0.5) is 4.79 Å². The average molecular weight is 332 g/mol. The molecular formula is C18H24N2O4. The number of rotatable bonds is 4. The van der Waals surface area contributed by atoms with Crippen LogP contribution in [-0.4, -0.2) is 48.2 Å². The Hall–Kier alpha value is -2.08. The average Bonchev–Trinajstić information content (AvgIpc) is 3.11. The van der Waals surface area contributed by atoms with E-state index in [9.17, 15) is 9.59 Å². The first-order chi connectivity index (χ1) is 11.6. The van der Waals surface area contributed by atoms with Crippen molar-refractivity contribution in [2.24, 2.45) is 11.8 Å². The molecule has 0 aliphatic carbocycles. The number of nitrogens with zero attached hydrogens (tertiary/aromatic N) is 1. The van der Waals surface area contributed by atoms with Gasteiger partial charge in [0, 0.05) is 32.2 Å². The predicted molar refractivity (Wildman–Crippen MR) is 88.6 cm³/mol. The number of likely N-dealkylation sites (tertiary alicyclic amines) is 1. The highest BCUT2D eigenvalue weighted by molar-refractivity contribution is 5.77. The van der Waals surface area contributed by atoms with Crippen LogP contribution in [0.15, 0.2) is 30.3 Å². The Labute approximate surface area is 141 Å². The molecule has 1 aromatic carbocycles. The number of carboxylic acids is 1. The van der Waals surface area contributed by atoms with E-state index in [1.54, 1.807) is 4.90 Å². The molecule has 3 atom stereocenters. The number of carbonyl (C=O) groups is 2. The molecule has 2 amide bonds. The number of hydrogen-bond acceptors (Lipinski definition) is 3. The summed E-state index contributed by atoms with van der Waals surface area (Å²) in [4.78, 5) is 24.9. The first-order valence-electron chi connectivity index (χ1n) is 8.57. The number of aliphatic carboxylic acids is 1. The summed E-state index contributed by atoms with van der Waals surface area (Å²) in [7, 11) is 0. The summed E-state index contributed by atoms with van der Waals surface area (Å²) in [6.07, 6.45) is 2.54. The van der Waals surface area contributed by atoms with Crippen LogP contribution in [0.1, 0.15) is 30.9 Å². The van der Waals surface area contributed by atoms with E-state index in [4.69, 9.17) is 9.84 Å². The van der Waals surface area contributed by atoms with Crippen molar-refractivity contribution in [1.29, 1.82) is 0 Å². The van der Waals surface area contributed by atoms with Gasteiger partial charge in [-0.05, 0) is 24.8 Å². The van der Waals surface area contributed by atoms with Crippen molar-refractivity contribution < 1.29 is 19.4 Å². The molecule has 6 nitrogen and oxygen atoms in total. The zero-order valence-corrected chi connectivity index (χ0v) is 13.7. The zero-order valence-electron chi connectivity index (χ0n) is 13.7. The highest BCUT2D eigenvalue weighted by Gasteiger charge is 2.32. The molecule has 130 valence electrons. The van der Waals surface area contributed by atoms with Crippen molar-refractivity contribution in [2.45, 2.75) is 25.4 Å². The van der Waals surface area contributed by atoms with E-state index < -0.39 is 11.9 Å². The second kappa shape index (κ2) is 7.66. The van der Waals surface area contributed by atoms with Crippen molar-refractivity contribution in [3.63, 3.8) is 0 Å². The number of carboxylic acid groups (broad SMARTS) is 1. The van der Waals surface area contributed by atoms with Crippen molar-refractivity contribution in [3.8, 4) is 0 Å². The van der Waals surface area contributed by atoms with Crippen molar-refractivity contribution in [3.05, 3.63) is 35.9 Å². The van der Waals surface area contributed by atoms with Crippen molar-refractivity contribution >= 4 is 12.0 Å². The molecule has 2 N–H and O–H groups in total. The van der Waals surface area contributed by atoms with Gasteiger partial charge in [-0.3, -0.25) is 4.79 Å². The number of benzene rings is 1. The minimum atomic E-state index is -0.824. The van der Waals surface area contributed by atoms with Crippen LogP contribution in [0.25, 0.3) is 0 Å². The SMILES string of the molecule is O=C(O)C1CCN(C(=O)NCC2CCCOC2c2ccccc2)C1. The van der Waals surface area contributed by atoms with Gasteiger partial charge < -0.3 is 20.1 Å². The molecule has 0 saturated carbocycles. The molecule has 2 aliphatic rings. The Morgan fingerprint density at radius 1 is 1.25 bits per heavy atom. The monoisotopic (exact) mass is 332 g/mol. The van der Waals surface area contributed by atoms with Gasteiger partial charge in [-0.25, -0.2) is 4.79 Å². The molecule has 2 heterocycles. The Bertz CT molecular complexity index is 578. The molecule has 24 heavy (non-hydrogen) atoms. The fourth-order valence-corrected chi connectivity index (χ4v) is 3.54. The second-order valence-corrected chi connectivity index (χ2v) is 6.56. The number of urea groups is 1. The topological polar surface area (TPSA) is 78.9 Å². The molecule has 2 aliphatic heterocycles. The summed E-state index contributed by atoms with van der Waals surface area (Å²) in [6, 6.07) is 9.93. The highest BCUT2D eigenvalue weighted by atomic mass is 16.5. The molecule has 0 spiro atoms. The molecule has 6 heteroatoms. The van der Waals surface area contributed by atoms with Crippen LogP contribution in [0.3, 0.4) is 0 Å². The first kappa shape index (κ1) is 16.8. The Kier molecular flexibility index (Phi) is 5.35. The van der Waals surface area contributed by atoms with Gasteiger partial charge in [0.2, 0.25) is 0 Å². The lowest BCUT2D eigenvalue weighted by molar-refractivity contribution is -0.141. The third kappa shape index (κ3) is 3.87. The van der Waals surface area contributed by atoms with E-state index in [0.717, 1.165) is 25.0 Å². The van der Waals surface area contributed by atoms with Gasteiger partial charge in [0.15, 0.2) is 0 Å². The summed E-state index contributed by atoms with van der Waals surface area (Å²) in [6.45, 7) is 2.10. The molecule has 2 saturated heterocycles. The Morgan fingerprint density at radius 2 is 2.04 bits per heavy atom. The minimum Gasteiger partial charge on any atom is -0.481 e. The van der Waals surface area contributed by atoms with Crippen LogP contribution >= 0.6 is 0 Å². The van der Waals surface area contributed by atoms with E-state index >= 15 is 0 Å². The largest absolute Gasteiger partial charge is 0.481 e. The molecule has 0 bridgehead atoms. The summed E-state index contributed by atoms with van der Waals surface area (Å²) in [5.41, 5.74) is 1.14. The fourth-order valence-electron chi connectivity index (χ4n) is 3.54. The quantitative estimate of drug-likeness (QED) is 0.886. The maximum absolute atomic E-state index is 12.3. The number of hydrogen-bond donors (Lipinski definition) is 2. The number of carbonyl (C=O) groups excluding carboxylic acids is 1. The van der Waals surface area contributed by atoms with E-state index in [0.29, 0.717) is 26.1 Å². The highest BCUT2D eigenvalue weighted by Crippen LogP contribution is 2.33. The van der Waals surface area contributed by atoms with Crippen LogP contribution in [-0.2, 0) is 9.53 Å². The smallest absolute Gasteiger partial charge is 0.317 e. The molecule has 1 aromatic rings. The van der Waals surface area contributed by atoms with Crippen LogP contribution in [0, 0.1) is 11.8 Å². The van der Waals surface area contributed by atoms with Gasteiger partial charge in [0.1, 0.15) is 0 Å². The van der Waals surface area contributed by atoms with E-state index in [1.807, 2.05) is 18.2 Å². The summed E-state index contributed by atoms with van der Waals surface area (Å²) in [5.74, 6) is -1.02. The molecule has 0 aromatic heterocycles. The third-order valence-corrected chi connectivity index (χ3v) is 4.91. The Morgan fingerprint density at radius 3 is 2.75 bits per heavy atom. The summed E-state index contributed by atoms with van der Waals surface area (Å²) in [5, 5.41) is 12.0. The number of amides is 2. The normalized spacial score (nSPS) is 27.0. The van der Waals surface area contributed by atoms with Gasteiger partial charge in [0.25, 0.3) is 0 Å². The number of ether oxygens (including phenoxy) is 1. The summed E-state index contributed by atoms with van der Waals surface area (Å²) >= 11 is 0. The zero-order chi connectivity index (χ0) is 16.9. The molecular weight excluding hydrogens is 308 g/mol. The third-order valence-electron chi connectivity index (χ3n) is 4.91. The minimum absolute atomic E-state index is 0.00518. The summed E-state index contributed by atoms with van der Waals surface area (Å²) < 4.78 is 5.94. The van der Waals surface area contributed by atoms with Gasteiger partial charge in [0.05, 0.1) is 12.0 Å². The van der Waals surface area contributed by atoms with Gasteiger partial charge in [-0.2, -0.15) is 0 Å². The molecule has 3 rings (SSSR count). The van der Waals surface area contributed by atoms with Gasteiger partial charge >= 0.3 is 12.0 Å². The standard InChI is InChI=1S/C18H24N2O4/c21-17(22)15-8-9-20(12-15)18(23)19-11-14-7-4-10-24-16(14)13-5-2-1-3-6-13/h1-3,5-6,14-16H,4,7-12H2,(H,19,23)(H,21,22). The van der Waals surface area contributed by atoms with Crippen molar-refractivity contribution in [1.82, 2.24) is 10.2 Å². The molecule has 2 fully saturated rings. The van der Waals surface area contributed by atoms with E-state index in [1.165, 1.54) is 0 Å². The van der Waals surface area contributed by atoms with Crippen LogP contribution in [0.5, 0.6) is 0 Å².